The molecule has 0 aromatic heterocycles. The average molecular weight is 774 g/mol. The van der Waals surface area contributed by atoms with Gasteiger partial charge in [-0.25, -0.2) is 0 Å². The van der Waals surface area contributed by atoms with E-state index in [0.29, 0.717) is 32.2 Å². The molecule has 1 rings (SSSR count). The van der Waals surface area contributed by atoms with Crippen LogP contribution in [0, 0.1) is 0 Å². The molecule has 0 bridgehead atoms. The number of amides is 9. The van der Waals surface area contributed by atoms with Crippen LogP contribution in [0.25, 0.3) is 0 Å². The summed E-state index contributed by atoms with van der Waals surface area (Å²) in [6.45, 7) is 5.81. The molecule has 0 radical (unpaired) electrons. The second-order valence-electron chi connectivity index (χ2n) is 12.1. The van der Waals surface area contributed by atoms with Crippen LogP contribution in [0.15, 0.2) is 0 Å². The lowest BCUT2D eigenvalue weighted by molar-refractivity contribution is -0.138. The van der Waals surface area contributed by atoms with Gasteiger partial charge in [0, 0.05) is 65.5 Å². The van der Waals surface area contributed by atoms with Crippen molar-refractivity contribution in [2.45, 2.75) is 102 Å². The minimum Gasteiger partial charge on any atom is -0.395 e. The van der Waals surface area contributed by atoms with Crippen LogP contribution in [-0.2, 0) is 43.2 Å². The maximum atomic E-state index is 12.8. The number of carbonyl (C=O) groups is 9. The Bertz CT molecular complexity index is 1240. The van der Waals surface area contributed by atoms with Gasteiger partial charge in [0.05, 0.1) is 11.9 Å². The number of unbranched alkanes of at least 4 members (excludes halogenated alkanes) is 2. The summed E-state index contributed by atoms with van der Waals surface area (Å²) in [7, 11) is 3.33. The lowest BCUT2D eigenvalue weighted by atomic mass is 10.1. The molecule has 19 nitrogen and oxygen atoms in total. The Morgan fingerprint density at radius 2 is 1.40 bits per heavy atom. The molecule has 1 saturated heterocycles. The first-order valence-corrected chi connectivity index (χ1v) is 18.8. The van der Waals surface area contributed by atoms with Gasteiger partial charge in [0.1, 0.15) is 18.1 Å². The Hall–Kier alpha value is -4.30. The summed E-state index contributed by atoms with van der Waals surface area (Å²) in [5.41, 5.74) is 5.44. The summed E-state index contributed by atoms with van der Waals surface area (Å²) in [4.78, 5) is 107. The zero-order valence-electron chi connectivity index (χ0n) is 31.5. The number of primary amides is 1. The van der Waals surface area contributed by atoms with Gasteiger partial charge in [0.15, 0.2) is 0 Å². The average Bonchev–Trinajstić information content (AvgIpc) is 3.38. The van der Waals surface area contributed by atoms with Crippen LogP contribution in [0.3, 0.4) is 0 Å². The highest BCUT2D eigenvalue weighted by Gasteiger charge is 2.39. The number of thioether (sulfide) groups is 1. The van der Waals surface area contributed by atoms with E-state index in [1.807, 2.05) is 7.05 Å². The number of carbonyl (C=O) groups excluding carboxylic acids is 9. The molecule has 1 aliphatic heterocycles. The quantitative estimate of drug-likeness (QED) is 0.0335. The van der Waals surface area contributed by atoms with Crippen LogP contribution in [0.5, 0.6) is 0 Å². The zero-order valence-corrected chi connectivity index (χ0v) is 32.3. The number of hydrogen-bond acceptors (Lipinski definition) is 12. The van der Waals surface area contributed by atoms with Crippen LogP contribution in [0.2, 0.25) is 0 Å². The predicted octanol–water partition coefficient (Wildman–Crippen LogP) is -2.86. The van der Waals surface area contributed by atoms with Crippen LogP contribution < -0.4 is 43.0 Å². The first-order chi connectivity index (χ1) is 25.1. The molecule has 302 valence electrons. The van der Waals surface area contributed by atoms with Crippen LogP contribution in [0.4, 0.5) is 0 Å². The lowest BCUT2D eigenvalue weighted by Crippen LogP contribution is -2.53. The van der Waals surface area contributed by atoms with Crippen LogP contribution in [-0.4, -0.2) is 139 Å². The van der Waals surface area contributed by atoms with Crippen LogP contribution >= 0.6 is 11.8 Å². The zero-order chi connectivity index (χ0) is 40.3. The molecular weight excluding hydrogens is 714 g/mol. The van der Waals surface area contributed by atoms with Crippen molar-refractivity contribution in [2.24, 2.45) is 5.73 Å². The minimum absolute atomic E-state index is 0.0130. The fourth-order valence-corrected chi connectivity index (χ4v) is 6.05. The molecular formula is C33H59N9O10S. The smallest absolute Gasteiger partial charge is 0.243 e. The minimum atomic E-state index is -1.13. The number of nitrogens with zero attached hydrogens (tertiary/aromatic N) is 1. The maximum absolute atomic E-state index is 12.8. The number of nitrogens with one attached hydrogen (secondary N) is 7. The fourth-order valence-electron chi connectivity index (χ4n) is 4.84. The van der Waals surface area contributed by atoms with E-state index < -0.39 is 52.9 Å². The van der Waals surface area contributed by atoms with Gasteiger partial charge in [-0.05, 0) is 52.1 Å². The number of imide groups is 1. The van der Waals surface area contributed by atoms with Crippen molar-refractivity contribution < 1.29 is 48.3 Å². The number of aliphatic hydroxyl groups excluding tert-OH is 1. The summed E-state index contributed by atoms with van der Waals surface area (Å²) in [5.74, 6) is -3.62. The highest BCUT2D eigenvalue weighted by atomic mass is 32.2. The molecule has 9 amide bonds. The van der Waals surface area contributed by atoms with Crippen molar-refractivity contribution in [1.29, 1.82) is 0 Å². The van der Waals surface area contributed by atoms with Gasteiger partial charge < -0.3 is 48.1 Å². The van der Waals surface area contributed by atoms with Gasteiger partial charge >= 0.3 is 0 Å². The maximum Gasteiger partial charge on any atom is 0.243 e. The van der Waals surface area contributed by atoms with Gasteiger partial charge in [0.25, 0.3) is 0 Å². The highest BCUT2D eigenvalue weighted by molar-refractivity contribution is 8.00. The van der Waals surface area contributed by atoms with Crippen molar-refractivity contribution in [3.63, 3.8) is 0 Å². The third-order valence-corrected chi connectivity index (χ3v) is 9.00. The Morgan fingerprint density at radius 3 is 1.91 bits per heavy atom. The normalized spacial score (nSPS) is 15.2. The van der Waals surface area contributed by atoms with Gasteiger partial charge in [-0.3, -0.25) is 48.1 Å². The monoisotopic (exact) mass is 773 g/mol. The highest BCUT2D eigenvalue weighted by Crippen LogP contribution is 2.26. The molecule has 1 heterocycles. The molecule has 53 heavy (non-hydrogen) atoms. The van der Waals surface area contributed by atoms with E-state index in [1.165, 1.54) is 20.9 Å². The molecule has 10 N–H and O–H groups in total. The van der Waals surface area contributed by atoms with Gasteiger partial charge in [-0.2, -0.15) is 0 Å². The molecule has 0 aliphatic carbocycles. The summed E-state index contributed by atoms with van der Waals surface area (Å²) < 4.78 is 0. The molecule has 0 spiro atoms. The number of likely N-dealkylation sites (tertiary alicyclic amines) is 1. The molecule has 4 atom stereocenters. The van der Waals surface area contributed by atoms with E-state index in [0.717, 1.165) is 36.0 Å². The first kappa shape index (κ1) is 48.7. The Kier molecular flexibility index (Phi) is 25.9. The number of aliphatic hydroxyl groups is 1. The van der Waals surface area contributed by atoms with E-state index >= 15 is 0 Å². The van der Waals surface area contributed by atoms with Gasteiger partial charge in [-0.15, -0.1) is 11.8 Å². The molecule has 0 aromatic carbocycles. The van der Waals surface area contributed by atoms with Crippen molar-refractivity contribution >= 4 is 64.9 Å². The van der Waals surface area contributed by atoms with Crippen molar-refractivity contribution in [2.75, 3.05) is 52.6 Å². The second-order valence-corrected chi connectivity index (χ2v) is 13.4. The largest absolute Gasteiger partial charge is 0.395 e. The molecule has 4 unspecified atom stereocenters. The summed E-state index contributed by atoms with van der Waals surface area (Å²) in [5, 5.41) is 26.3. The Balaban J connectivity index is 0.00000133. The van der Waals surface area contributed by atoms with Crippen molar-refractivity contribution in [3.05, 3.63) is 0 Å². The standard InChI is InChI=1S/C22H36N6O7S.C11H23N3O3/c1-4-17(30)25-9-6-5-7-14(26-13(2)29)21(34)27-15(20(23)33)12-36-16-11-19(32)28(22(16)35)10-8-18(31)24-3;1-9(16)14-10(5-3-4-6-12-2)11(17)13-7-8-15/h14-16H,4-12H2,1-3H3,(H2,23,33)(H,24,31)(H,25,30)(H,26,29)(H,27,34);10,12,15H,3-8H2,1-2H3,(H,13,17)(H,14,16). The van der Waals surface area contributed by atoms with E-state index in [9.17, 15) is 43.2 Å². The first-order valence-electron chi connectivity index (χ1n) is 17.7. The lowest BCUT2D eigenvalue weighted by Gasteiger charge is -2.22. The third-order valence-electron chi connectivity index (χ3n) is 7.70. The topological polar surface area (TPSA) is 287 Å². The van der Waals surface area contributed by atoms with Gasteiger partial charge in [-0.1, -0.05) is 6.92 Å². The summed E-state index contributed by atoms with van der Waals surface area (Å²) >= 11 is 1.02. The molecule has 1 aliphatic rings. The Morgan fingerprint density at radius 1 is 0.811 bits per heavy atom. The van der Waals surface area contributed by atoms with E-state index in [1.54, 1.807) is 6.92 Å². The number of rotatable bonds is 25. The van der Waals surface area contributed by atoms with Crippen molar-refractivity contribution in [3.8, 4) is 0 Å². The van der Waals surface area contributed by atoms with Crippen molar-refractivity contribution in [1.82, 2.24) is 42.1 Å². The van der Waals surface area contributed by atoms with E-state index in [-0.39, 0.29) is 68.3 Å². The molecule has 1 fully saturated rings. The predicted molar refractivity (Wildman–Crippen MR) is 198 cm³/mol. The van der Waals surface area contributed by atoms with E-state index in [4.69, 9.17) is 10.8 Å². The summed E-state index contributed by atoms with van der Waals surface area (Å²) in [6.07, 6.45) is 4.11. The second kappa shape index (κ2) is 28.2. The SMILES string of the molecule is CCC(=O)NCCCCC(NC(C)=O)C(=O)NC(CSC1CC(=O)N(CCC(=O)NC)C1=O)C(N)=O.CNCCCCC(NC(C)=O)C(=O)NCCO. The molecule has 0 aromatic rings. The molecule has 20 heteroatoms. The fraction of sp³-hybridized carbons (Fsp3) is 0.727. The third kappa shape index (κ3) is 21.7. The summed E-state index contributed by atoms with van der Waals surface area (Å²) in [6, 6.07) is -2.55. The van der Waals surface area contributed by atoms with Gasteiger partial charge in [0.2, 0.25) is 53.2 Å². The van der Waals surface area contributed by atoms with Crippen LogP contribution in [0.1, 0.15) is 78.6 Å². The number of nitrogens with two attached hydrogens (primary N) is 1. The van der Waals surface area contributed by atoms with E-state index in [2.05, 4.69) is 37.2 Å². The number of hydrogen-bond donors (Lipinski definition) is 9. The molecule has 0 saturated carbocycles. The Labute approximate surface area is 315 Å².